The summed E-state index contributed by atoms with van der Waals surface area (Å²) in [6.45, 7) is 1.42. The predicted molar refractivity (Wildman–Crippen MR) is 119 cm³/mol. The van der Waals surface area contributed by atoms with Crippen LogP contribution in [0.1, 0.15) is 28.4 Å². The van der Waals surface area contributed by atoms with E-state index in [1.807, 2.05) is 30.3 Å². The number of furan rings is 1. The van der Waals surface area contributed by atoms with Gasteiger partial charge in [0.1, 0.15) is 29.3 Å². The van der Waals surface area contributed by atoms with E-state index in [0.29, 0.717) is 33.6 Å². The minimum absolute atomic E-state index is 0.0249. The molecule has 32 heavy (non-hydrogen) atoms. The molecule has 4 aromatic rings. The van der Waals surface area contributed by atoms with Crippen molar-refractivity contribution in [3.05, 3.63) is 83.4 Å². The van der Waals surface area contributed by atoms with Gasteiger partial charge in [0.2, 0.25) is 0 Å². The van der Waals surface area contributed by atoms with Crippen molar-refractivity contribution in [2.24, 2.45) is 0 Å². The van der Waals surface area contributed by atoms with Crippen LogP contribution >= 0.6 is 0 Å². The number of benzene rings is 3. The Morgan fingerprint density at radius 3 is 2.50 bits per heavy atom. The molecule has 0 spiro atoms. The van der Waals surface area contributed by atoms with Gasteiger partial charge in [-0.3, -0.25) is 4.79 Å². The summed E-state index contributed by atoms with van der Waals surface area (Å²) in [6.07, 6.45) is 0. The van der Waals surface area contributed by atoms with E-state index in [2.05, 4.69) is 11.8 Å². The standard InChI is InChI=1S/C26H18O6/c1-16(27)15-31-19-9-5-6-17(12-19)10-11-20-21-13-22(26(29)30)23(28)14-24(21)32-25(20)18-7-3-2-4-8-18/h2-9,12-14,28H,15H2,1H3,(H,29,30). The minimum atomic E-state index is -1.25. The number of ketones is 1. The second kappa shape index (κ2) is 8.70. The summed E-state index contributed by atoms with van der Waals surface area (Å²) < 4.78 is 11.4. The summed E-state index contributed by atoms with van der Waals surface area (Å²) in [5.41, 5.74) is 2.01. The van der Waals surface area contributed by atoms with Crippen LogP contribution in [0.3, 0.4) is 0 Å². The van der Waals surface area contributed by atoms with Gasteiger partial charge < -0.3 is 19.4 Å². The third-order valence-corrected chi connectivity index (χ3v) is 4.68. The maximum absolute atomic E-state index is 11.5. The van der Waals surface area contributed by atoms with Crippen molar-refractivity contribution in [1.82, 2.24) is 0 Å². The van der Waals surface area contributed by atoms with Crippen LogP contribution in [0.5, 0.6) is 11.5 Å². The summed E-state index contributed by atoms with van der Waals surface area (Å²) in [7, 11) is 0. The lowest BCUT2D eigenvalue weighted by Crippen LogP contribution is -2.06. The van der Waals surface area contributed by atoms with Gasteiger partial charge >= 0.3 is 5.97 Å². The maximum atomic E-state index is 11.5. The van der Waals surface area contributed by atoms with E-state index in [-0.39, 0.29) is 23.7 Å². The maximum Gasteiger partial charge on any atom is 0.339 e. The van der Waals surface area contributed by atoms with Gasteiger partial charge in [-0.05, 0) is 31.2 Å². The van der Waals surface area contributed by atoms with E-state index < -0.39 is 5.97 Å². The Morgan fingerprint density at radius 1 is 1.00 bits per heavy atom. The van der Waals surface area contributed by atoms with Crippen molar-refractivity contribution in [2.75, 3.05) is 6.61 Å². The van der Waals surface area contributed by atoms with E-state index in [1.165, 1.54) is 19.1 Å². The number of fused-ring (bicyclic) bond motifs is 1. The second-order valence-corrected chi connectivity index (χ2v) is 7.11. The Labute approximate surface area is 183 Å². The van der Waals surface area contributed by atoms with E-state index in [4.69, 9.17) is 9.15 Å². The Bertz CT molecular complexity index is 1390. The lowest BCUT2D eigenvalue weighted by atomic mass is 10.0. The van der Waals surface area contributed by atoms with E-state index >= 15 is 0 Å². The molecule has 0 saturated carbocycles. The fraction of sp³-hybridized carbons (Fsp3) is 0.0769. The van der Waals surface area contributed by atoms with Crippen molar-refractivity contribution >= 4 is 22.7 Å². The van der Waals surface area contributed by atoms with Crippen LogP contribution in [0.2, 0.25) is 0 Å². The van der Waals surface area contributed by atoms with Crippen molar-refractivity contribution in [3.63, 3.8) is 0 Å². The van der Waals surface area contributed by atoms with Gasteiger partial charge in [0.25, 0.3) is 0 Å². The number of carboxylic acid groups (broad SMARTS) is 1. The van der Waals surface area contributed by atoms with Crippen LogP contribution in [0, 0.1) is 11.8 Å². The lowest BCUT2D eigenvalue weighted by Gasteiger charge is -2.03. The van der Waals surface area contributed by atoms with Gasteiger partial charge in [0.05, 0.1) is 5.56 Å². The first kappa shape index (κ1) is 20.8. The zero-order chi connectivity index (χ0) is 22.7. The van der Waals surface area contributed by atoms with Crippen molar-refractivity contribution in [2.45, 2.75) is 6.92 Å². The molecule has 0 atom stereocenters. The Balaban J connectivity index is 1.85. The molecule has 0 aliphatic heterocycles. The molecule has 0 amide bonds. The molecule has 4 rings (SSSR count). The minimum Gasteiger partial charge on any atom is -0.507 e. The number of rotatable bonds is 5. The number of hydrogen-bond donors (Lipinski definition) is 2. The highest BCUT2D eigenvalue weighted by Gasteiger charge is 2.19. The number of Topliss-reactive ketones (excluding diaryl/α,β-unsaturated/α-hetero) is 1. The average Bonchev–Trinajstić information content (AvgIpc) is 3.13. The number of ether oxygens (including phenoxy) is 1. The fourth-order valence-electron chi connectivity index (χ4n) is 3.20. The molecule has 1 aromatic heterocycles. The first-order valence-corrected chi connectivity index (χ1v) is 9.75. The van der Waals surface area contributed by atoms with Gasteiger partial charge in [0.15, 0.2) is 11.5 Å². The Kier molecular flexibility index (Phi) is 5.65. The molecule has 0 fully saturated rings. The van der Waals surface area contributed by atoms with Gasteiger partial charge in [-0.15, -0.1) is 0 Å². The zero-order valence-corrected chi connectivity index (χ0v) is 17.1. The first-order valence-electron chi connectivity index (χ1n) is 9.75. The number of carbonyl (C=O) groups is 2. The number of aromatic carboxylic acids is 1. The highest BCUT2D eigenvalue weighted by atomic mass is 16.5. The molecule has 158 valence electrons. The number of carboxylic acids is 1. The normalized spacial score (nSPS) is 10.4. The molecule has 0 bridgehead atoms. The van der Waals surface area contributed by atoms with E-state index in [1.54, 1.807) is 24.3 Å². The quantitative estimate of drug-likeness (QED) is 0.442. The van der Waals surface area contributed by atoms with E-state index in [0.717, 1.165) is 5.56 Å². The first-order chi connectivity index (χ1) is 15.4. The number of aromatic hydroxyl groups is 1. The van der Waals surface area contributed by atoms with Crippen LogP contribution in [0.4, 0.5) is 0 Å². The second-order valence-electron chi connectivity index (χ2n) is 7.11. The van der Waals surface area contributed by atoms with Crippen molar-refractivity contribution in [1.29, 1.82) is 0 Å². The third-order valence-electron chi connectivity index (χ3n) is 4.68. The van der Waals surface area contributed by atoms with E-state index in [9.17, 15) is 19.8 Å². The van der Waals surface area contributed by atoms with Crippen LogP contribution in [-0.4, -0.2) is 28.6 Å². The largest absolute Gasteiger partial charge is 0.507 e. The molecule has 0 saturated heterocycles. The summed E-state index contributed by atoms with van der Waals surface area (Å²) in [4.78, 5) is 22.7. The number of hydrogen-bond acceptors (Lipinski definition) is 5. The average molecular weight is 426 g/mol. The summed E-state index contributed by atoms with van der Waals surface area (Å²) >= 11 is 0. The molecule has 1 heterocycles. The van der Waals surface area contributed by atoms with Crippen LogP contribution in [0.25, 0.3) is 22.3 Å². The molecule has 0 radical (unpaired) electrons. The molecule has 6 nitrogen and oxygen atoms in total. The van der Waals surface area contributed by atoms with Gasteiger partial charge in [-0.2, -0.15) is 0 Å². The van der Waals surface area contributed by atoms with Gasteiger partial charge in [-0.1, -0.05) is 48.2 Å². The van der Waals surface area contributed by atoms with Gasteiger partial charge in [-0.25, -0.2) is 4.79 Å². The van der Waals surface area contributed by atoms with Crippen LogP contribution < -0.4 is 4.74 Å². The summed E-state index contributed by atoms with van der Waals surface area (Å²) in [5.74, 6) is 5.42. The molecule has 3 aromatic carbocycles. The fourth-order valence-corrected chi connectivity index (χ4v) is 3.20. The molecule has 0 aliphatic carbocycles. The molecular weight excluding hydrogens is 408 g/mol. The van der Waals surface area contributed by atoms with Crippen molar-refractivity contribution in [3.8, 4) is 34.7 Å². The molecule has 0 unspecified atom stereocenters. The third kappa shape index (κ3) is 4.32. The highest BCUT2D eigenvalue weighted by Crippen LogP contribution is 2.36. The summed E-state index contributed by atoms with van der Waals surface area (Å²) in [5, 5.41) is 19.9. The number of carbonyl (C=O) groups excluding carboxylic acids is 1. The Hall–Kier alpha value is -4.50. The van der Waals surface area contributed by atoms with Crippen LogP contribution in [-0.2, 0) is 4.79 Å². The molecular formula is C26H18O6. The zero-order valence-electron chi connectivity index (χ0n) is 17.1. The summed E-state index contributed by atoms with van der Waals surface area (Å²) in [6, 6.07) is 19.0. The topological polar surface area (TPSA) is 97.0 Å². The smallest absolute Gasteiger partial charge is 0.339 e. The van der Waals surface area contributed by atoms with Crippen molar-refractivity contribution < 1.29 is 29.0 Å². The Morgan fingerprint density at radius 2 is 1.78 bits per heavy atom. The predicted octanol–water partition coefficient (Wildman–Crippen LogP) is 4.87. The molecule has 2 N–H and O–H groups in total. The van der Waals surface area contributed by atoms with Crippen LogP contribution in [0.15, 0.2) is 71.1 Å². The molecule has 0 aliphatic rings. The number of phenols is 1. The van der Waals surface area contributed by atoms with Gasteiger partial charge in [0, 0.05) is 22.6 Å². The lowest BCUT2D eigenvalue weighted by molar-refractivity contribution is -0.118. The SMILES string of the molecule is CC(=O)COc1cccc(C#Cc2c(-c3ccccc3)oc3cc(O)c(C(=O)O)cc23)c1. The highest BCUT2D eigenvalue weighted by molar-refractivity contribution is 6.00. The monoisotopic (exact) mass is 426 g/mol. The molecule has 6 heteroatoms.